The number of benzene rings is 1. The molecule has 1 aliphatic carbocycles. The predicted octanol–water partition coefficient (Wildman–Crippen LogP) is 2.83. The SMILES string of the molecule is COc1ccc(CNCC2(N3CCOCC3)CCCCC2)cc1OC. The minimum atomic E-state index is 0.304. The average molecular weight is 348 g/mol. The summed E-state index contributed by atoms with van der Waals surface area (Å²) in [7, 11) is 3.36. The van der Waals surface area contributed by atoms with E-state index in [0.29, 0.717) is 5.54 Å². The maximum Gasteiger partial charge on any atom is 0.161 e. The van der Waals surface area contributed by atoms with Gasteiger partial charge in [-0.15, -0.1) is 0 Å². The van der Waals surface area contributed by atoms with Gasteiger partial charge >= 0.3 is 0 Å². The monoisotopic (exact) mass is 348 g/mol. The molecular weight excluding hydrogens is 316 g/mol. The predicted molar refractivity (Wildman–Crippen MR) is 99.5 cm³/mol. The summed E-state index contributed by atoms with van der Waals surface area (Å²) >= 11 is 0. The number of hydrogen-bond acceptors (Lipinski definition) is 5. The minimum absolute atomic E-state index is 0.304. The molecule has 2 fully saturated rings. The first kappa shape index (κ1) is 18.5. The fraction of sp³-hybridized carbons (Fsp3) is 0.700. The molecule has 3 rings (SSSR count). The summed E-state index contributed by atoms with van der Waals surface area (Å²) in [5, 5.41) is 3.72. The molecule has 1 aromatic carbocycles. The molecule has 1 aromatic rings. The standard InChI is InChI=1S/C20H32N2O3/c1-23-18-7-6-17(14-19(18)24-2)15-21-16-20(8-4-3-5-9-20)22-10-12-25-13-11-22/h6-7,14,21H,3-5,8-13,15-16H2,1-2H3. The first-order chi connectivity index (χ1) is 12.3. The Morgan fingerprint density at radius 1 is 1.04 bits per heavy atom. The van der Waals surface area contributed by atoms with Gasteiger partial charge in [-0.2, -0.15) is 0 Å². The van der Waals surface area contributed by atoms with Crippen molar-refractivity contribution >= 4 is 0 Å². The fourth-order valence-corrected chi connectivity index (χ4v) is 4.28. The Kier molecular flexibility index (Phi) is 6.57. The van der Waals surface area contributed by atoms with Gasteiger partial charge in [0.1, 0.15) is 0 Å². The minimum Gasteiger partial charge on any atom is -0.493 e. The Labute approximate surface area is 151 Å². The van der Waals surface area contributed by atoms with Crippen LogP contribution in [0.3, 0.4) is 0 Å². The Hall–Kier alpha value is -1.30. The number of nitrogens with one attached hydrogen (secondary N) is 1. The third-order valence-electron chi connectivity index (χ3n) is 5.70. The second-order valence-electron chi connectivity index (χ2n) is 7.18. The lowest BCUT2D eigenvalue weighted by molar-refractivity contribution is -0.0369. The average Bonchev–Trinajstić information content (AvgIpc) is 2.69. The van der Waals surface area contributed by atoms with E-state index in [1.54, 1.807) is 14.2 Å². The maximum atomic E-state index is 5.57. The van der Waals surface area contributed by atoms with E-state index in [2.05, 4.69) is 22.3 Å². The summed E-state index contributed by atoms with van der Waals surface area (Å²) in [5.41, 5.74) is 1.53. The van der Waals surface area contributed by atoms with Crippen LogP contribution in [-0.2, 0) is 11.3 Å². The van der Waals surface area contributed by atoms with Gasteiger partial charge in [-0.3, -0.25) is 4.90 Å². The van der Waals surface area contributed by atoms with Crippen molar-refractivity contribution in [2.24, 2.45) is 0 Å². The Balaban J connectivity index is 1.61. The smallest absolute Gasteiger partial charge is 0.161 e. The summed E-state index contributed by atoms with van der Waals surface area (Å²) in [6, 6.07) is 6.15. The van der Waals surface area contributed by atoms with E-state index in [1.165, 1.54) is 37.7 Å². The largest absolute Gasteiger partial charge is 0.493 e. The van der Waals surface area contributed by atoms with Crippen molar-refractivity contribution in [3.05, 3.63) is 23.8 Å². The summed E-state index contributed by atoms with van der Waals surface area (Å²) in [5.74, 6) is 1.57. The zero-order valence-electron chi connectivity index (χ0n) is 15.7. The number of hydrogen-bond donors (Lipinski definition) is 1. The van der Waals surface area contributed by atoms with Crippen LogP contribution in [0, 0.1) is 0 Å². The highest BCUT2D eigenvalue weighted by Crippen LogP contribution is 2.34. The summed E-state index contributed by atoms with van der Waals surface area (Å²) < 4.78 is 16.3. The van der Waals surface area contributed by atoms with Crippen LogP contribution in [0.4, 0.5) is 0 Å². The van der Waals surface area contributed by atoms with Crippen LogP contribution < -0.4 is 14.8 Å². The van der Waals surface area contributed by atoms with Gasteiger partial charge in [0.05, 0.1) is 27.4 Å². The van der Waals surface area contributed by atoms with Crippen molar-refractivity contribution in [1.82, 2.24) is 10.2 Å². The number of morpholine rings is 1. The number of ether oxygens (including phenoxy) is 3. The zero-order chi connectivity index (χ0) is 17.5. The highest BCUT2D eigenvalue weighted by molar-refractivity contribution is 5.42. The van der Waals surface area contributed by atoms with E-state index in [0.717, 1.165) is 50.9 Å². The van der Waals surface area contributed by atoms with Crippen molar-refractivity contribution in [1.29, 1.82) is 0 Å². The Morgan fingerprint density at radius 3 is 2.44 bits per heavy atom. The van der Waals surface area contributed by atoms with Gasteiger partial charge < -0.3 is 19.5 Å². The molecule has 0 atom stereocenters. The van der Waals surface area contributed by atoms with Gasteiger partial charge in [0, 0.05) is 31.7 Å². The van der Waals surface area contributed by atoms with Gasteiger partial charge in [0.2, 0.25) is 0 Å². The molecule has 1 saturated carbocycles. The highest BCUT2D eigenvalue weighted by Gasteiger charge is 2.38. The molecule has 0 amide bonds. The van der Waals surface area contributed by atoms with E-state index in [1.807, 2.05) is 6.07 Å². The molecule has 2 aliphatic rings. The highest BCUT2D eigenvalue weighted by atomic mass is 16.5. The lowest BCUT2D eigenvalue weighted by Gasteiger charge is -2.48. The van der Waals surface area contributed by atoms with Crippen LogP contribution in [-0.4, -0.2) is 57.5 Å². The molecule has 0 spiro atoms. The van der Waals surface area contributed by atoms with E-state index >= 15 is 0 Å². The van der Waals surface area contributed by atoms with Crippen LogP contribution in [0.15, 0.2) is 18.2 Å². The molecule has 5 heteroatoms. The molecule has 0 aromatic heterocycles. The summed E-state index contributed by atoms with van der Waals surface area (Å²) in [4.78, 5) is 2.68. The van der Waals surface area contributed by atoms with Gasteiger partial charge in [0.15, 0.2) is 11.5 Å². The van der Waals surface area contributed by atoms with Crippen LogP contribution in [0.1, 0.15) is 37.7 Å². The van der Waals surface area contributed by atoms with Crippen molar-refractivity contribution < 1.29 is 14.2 Å². The number of nitrogens with zero attached hydrogens (tertiary/aromatic N) is 1. The second-order valence-corrected chi connectivity index (χ2v) is 7.18. The van der Waals surface area contributed by atoms with Crippen molar-refractivity contribution in [2.45, 2.75) is 44.2 Å². The lowest BCUT2D eigenvalue weighted by atomic mass is 9.79. The van der Waals surface area contributed by atoms with Gasteiger partial charge in [-0.25, -0.2) is 0 Å². The van der Waals surface area contributed by atoms with Gasteiger partial charge in [-0.05, 0) is 30.5 Å². The lowest BCUT2D eigenvalue weighted by Crippen LogP contribution is -2.59. The first-order valence-corrected chi connectivity index (χ1v) is 9.52. The number of rotatable bonds is 7. The van der Waals surface area contributed by atoms with E-state index in [4.69, 9.17) is 14.2 Å². The topological polar surface area (TPSA) is 43.0 Å². The molecule has 1 aliphatic heterocycles. The normalized spacial score (nSPS) is 21.0. The van der Waals surface area contributed by atoms with Gasteiger partial charge in [0.25, 0.3) is 0 Å². The van der Waals surface area contributed by atoms with Crippen LogP contribution >= 0.6 is 0 Å². The van der Waals surface area contributed by atoms with Crippen LogP contribution in [0.25, 0.3) is 0 Å². The molecule has 0 unspecified atom stereocenters. The number of methoxy groups -OCH3 is 2. The molecular formula is C20H32N2O3. The van der Waals surface area contributed by atoms with Crippen LogP contribution in [0.2, 0.25) is 0 Å². The van der Waals surface area contributed by atoms with E-state index < -0.39 is 0 Å². The molecule has 1 heterocycles. The molecule has 1 saturated heterocycles. The molecule has 0 bridgehead atoms. The van der Waals surface area contributed by atoms with Crippen molar-refractivity contribution in [3.63, 3.8) is 0 Å². The van der Waals surface area contributed by atoms with Crippen molar-refractivity contribution in [3.8, 4) is 11.5 Å². The second kappa shape index (κ2) is 8.88. The quantitative estimate of drug-likeness (QED) is 0.821. The molecule has 1 N–H and O–H groups in total. The zero-order valence-corrected chi connectivity index (χ0v) is 15.7. The third-order valence-corrected chi connectivity index (χ3v) is 5.70. The van der Waals surface area contributed by atoms with E-state index in [9.17, 15) is 0 Å². The first-order valence-electron chi connectivity index (χ1n) is 9.52. The van der Waals surface area contributed by atoms with Gasteiger partial charge in [-0.1, -0.05) is 25.3 Å². The fourth-order valence-electron chi connectivity index (χ4n) is 4.28. The maximum absolute atomic E-state index is 5.57. The Morgan fingerprint density at radius 2 is 1.76 bits per heavy atom. The summed E-state index contributed by atoms with van der Waals surface area (Å²) in [6.45, 7) is 5.78. The Bertz CT molecular complexity index is 538. The molecule has 140 valence electrons. The molecule has 5 nitrogen and oxygen atoms in total. The van der Waals surface area contributed by atoms with Crippen molar-refractivity contribution in [2.75, 3.05) is 47.1 Å². The molecule has 25 heavy (non-hydrogen) atoms. The summed E-state index contributed by atoms with van der Waals surface area (Å²) in [6.07, 6.45) is 6.66. The third kappa shape index (κ3) is 4.46. The van der Waals surface area contributed by atoms with Crippen LogP contribution in [0.5, 0.6) is 11.5 Å². The molecule has 0 radical (unpaired) electrons. The van der Waals surface area contributed by atoms with E-state index in [-0.39, 0.29) is 0 Å².